The Morgan fingerprint density at radius 3 is 2.12 bits per heavy atom. The van der Waals surface area contributed by atoms with E-state index >= 15 is 0 Å². The van der Waals surface area contributed by atoms with Crippen molar-refractivity contribution >= 4 is 28.6 Å². The maximum absolute atomic E-state index is 14.4. The summed E-state index contributed by atoms with van der Waals surface area (Å²) in [4.78, 5) is 55.1. The molecule has 206 valence electrons. The molecule has 0 spiro atoms. The Labute approximate surface area is 238 Å². The summed E-state index contributed by atoms with van der Waals surface area (Å²) in [6.45, 7) is 9.25. The number of hydrogen-bond acceptors (Lipinski definition) is 7. The van der Waals surface area contributed by atoms with Gasteiger partial charge in [0, 0.05) is 46.7 Å². The minimum Gasteiger partial charge on any atom is -0.455 e. The fourth-order valence-corrected chi connectivity index (χ4v) is 4.73. The number of benzene rings is 2. The van der Waals surface area contributed by atoms with Gasteiger partial charge < -0.3 is 9.30 Å². The molecule has 0 unspecified atom stereocenters. The summed E-state index contributed by atoms with van der Waals surface area (Å²) in [6.07, 6.45) is 6.05. The Balaban J connectivity index is 1.83. The number of fused-ring (bicyclic) bond motifs is 1. The number of nitrogens with zero attached hydrogens (tertiary/aromatic N) is 4. The summed E-state index contributed by atoms with van der Waals surface area (Å²) >= 11 is 0. The number of pyridine rings is 1. The number of aromatic nitrogens is 4. The van der Waals surface area contributed by atoms with Crippen LogP contribution in [-0.2, 0) is 4.74 Å². The van der Waals surface area contributed by atoms with Crippen LogP contribution in [0.5, 0.6) is 0 Å². The normalized spacial score (nSPS) is 11.6. The lowest BCUT2D eigenvalue weighted by Crippen LogP contribution is -2.26. The summed E-state index contributed by atoms with van der Waals surface area (Å²) in [7, 11) is 0. The van der Waals surface area contributed by atoms with E-state index in [2.05, 4.69) is 15.0 Å². The number of ether oxygens (including phenoxy) is 1. The fourth-order valence-electron chi connectivity index (χ4n) is 4.73. The van der Waals surface area contributed by atoms with E-state index in [1.807, 2.05) is 24.5 Å². The second-order valence-corrected chi connectivity index (χ2v) is 11.0. The Hall–Kier alpha value is -4.98. The highest BCUT2D eigenvalue weighted by Crippen LogP contribution is 2.34. The van der Waals surface area contributed by atoms with Crippen LogP contribution in [0.15, 0.2) is 85.6 Å². The van der Waals surface area contributed by atoms with Crippen molar-refractivity contribution in [2.24, 2.45) is 0 Å². The Kier molecular flexibility index (Phi) is 7.32. The molecule has 0 amide bonds. The molecule has 2 aromatic carbocycles. The van der Waals surface area contributed by atoms with E-state index in [1.54, 1.807) is 87.8 Å². The number of ketones is 2. The van der Waals surface area contributed by atoms with Gasteiger partial charge in [-0.05, 0) is 40.2 Å². The third-order valence-electron chi connectivity index (χ3n) is 6.54. The molecule has 3 heterocycles. The molecule has 5 aromatic rings. The topological polar surface area (TPSA) is 104 Å². The summed E-state index contributed by atoms with van der Waals surface area (Å²) < 4.78 is 7.57. The van der Waals surface area contributed by atoms with Crippen LogP contribution in [0, 0.1) is 0 Å². The average molecular weight is 547 g/mol. The minimum atomic E-state index is -0.802. The van der Waals surface area contributed by atoms with Crippen molar-refractivity contribution in [3.8, 4) is 11.1 Å². The molecule has 0 radical (unpaired) electrons. The van der Waals surface area contributed by atoms with Crippen LogP contribution in [0.1, 0.15) is 83.0 Å². The molecular weight excluding hydrogens is 516 g/mol. The van der Waals surface area contributed by atoms with Crippen LogP contribution in [-0.4, -0.2) is 42.7 Å². The first-order valence-corrected chi connectivity index (χ1v) is 13.3. The van der Waals surface area contributed by atoms with Gasteiger partial charge in [0.2, 0.25) is 0 Å². The zero-order valence-electron chi connectivity index (χ0n) is 23.6. The van der Waals surface area contributed by atoms with Gasteiger partial charge >= 0.3 is 5.97 Å². The first kappa shape index (κ1) is 27.6. The van der Waals surface area contributed by atoms with Crippen LogP contribution in [0.4, 0.5) is 0 Å². The lowest BCUT2D eigenvalue weighted by molar-refractivity contribution is 0.00636. The fraction of sp³-hybridized carbons (Fsp3) is 0.212. The highest BCUT2D eigenvalue weighted by molar-refractivity contribution is 6.25. The molecule has 0 aliphatic carbocycles. The minimum absolute atomic E-state index is 0.0203. The molecule has 0 fully saturated rings. The molecule has 41 heavy (non-hydrogen) atoms. The van der Waals surface area contributed by atoms with Gasteiger partial charge in [-0.1, -0.05) is 60.7 Å². The van der Waals surface area contributed by atoms with Crippen molar-refractivity contribution in [2.45, 2.75) is 46.3 Å². The molecule has 0 saturated carbocycles. The number of esters is 1. The van der Waals surface area contributed by atoms with Crippen molar-refractivity contribution in [3.63, 3.8) is 0 Å². The van der Waals surface area contributed by atoms with Crippen molar-refractivity contribution in [1.82, 2.24) is 19.5 Å². The summed E-state index contributed by atoms with van der Waals surface area (Å²) in [5.74, 6) is -1.53. The van der Waals surface area contributed by atoms with Crippen LogP contribution in [0.25, 0.3) is 22.2 Å². The molecule has 0 aliphatic rings. The van der Waals surface area contributed by atoms with E-state index in [4.69, 9.17) is 4.74 Å². The van der Waals surface area contributed by atoms with E-state index in [9.17, 15) is 14.4 Å². The van der Waals surface area contributed by atoms with E-state index in [0.29, 0.717) is 27.7 Å². The van der Waals surface area contributed by atoms with E-state index in [-0.39, 0.29) is 28.4 Å². The van der Waals surface area contributed by atoms with E-state index in [1.165, 1.54) is 12.5 Å². The maximum atomic E-state index is 14.4. The number of hydrogen-bond donors (Lipinski definition) is 0. The largest absolute Gasteiger partial charge is 0.455 e. The molecule has 5 rings (SSSR count). The third-order valence-corrected chi connectivity index (χ3v) is 6.54. The lowest BCUT2D eigenvalue weighted by atomic mass is 9.87. The van der Waals surface area contributed by atoms with Gasteiger partial charge in [0.1, 0.15) is 17.6 Å². The zero-order chi connectivity index (χ0) is 29.3. The zero-order valence-corrected chi connectivity index (χ0v) is 23.6. The third kappa shape index (κ3) is 5.41. The van der Waals surface area contributed by atoms with Crippen LogP contribution in [0.3, 0.4) is 0 Å². The van der Waals surface area contributed by atoms with Crippen molar-refractivity contribution < 1.29 is 19.1 Å². The lowest BCUT2D eigenvalue weighted by Gasteiger charge is -2.22. The monoisotopic (exact) mass is 546 g/mol. The summed E-state index contributed by atoms with van der Waals surface area (Å²) in [5, 5.41) is 0.557. The predicted octanol–water partition coefficient (Wildman–Crippen LogP) is 6.49. The van der Waals surface area contributed by atoms with Gasteiger partial charge in [0.05, 0.1) is 11.1 Å². The standard InChI is InChI=1S/C33H30N4O4/c1-20(2)37-18-25(23-16-34-19-36-31(23)37)30(39)24-17-35-28(32(40)41-33(3,4)5)26(21-12-8-6-9-13-21)27(24)29(38)22-14-10-7-11-15-22/h6-20H,1-5H3. The van der Waals surface area contributed by atoms with Crippen LogP contribution >= 0.6 is 0 Å². The van der Waals surface area contributed by atoms with Gasteiger partial charge in [-0.3, -0.25) is 9.59 Å². The molecule has 0 bridgehead atoms. The molecule has 8 heteroatoms. The van der Waals surface area contributed by atoms with Crippen molar-refractivity contribution in [3.05, 3.63) is 114 Å². The van der Waals surface area contributed by atoms with Crippen molar-refractivity contribution in [1.29, 1.82) is 0 Å². The highest BCUT2D eigenvalue weighted by Gasteiger charge is 2.32. The Morgan fingerprint density at radius 2 is 1.49 bits per heavy atom. The number of carbonyl (C=O) groups is 3. The van der Waals surface area contributed by atoms with Gasteiger partial charge in [0.15, 0.2) is 17.3 Å². The van der Waals surface area contributed by atoms with Crippen LogP contribution in [0.2, 0.25) is 0 Å². The van der Waals surface area contributed by atoms with Gasteiger partial charge in [-0.2, -0.15) is 0 Å². The average Bonchev–Trinajstić information content (AvgIpc) is 3.36. The summed E-state index contributed by atoms with van der Waals surface area (Å²) in [6, 6.07) is 17.7. The molecule has 0 aliphatic heterocycles. The number of rotatable bonds is 7. The Bertz CT molecular complexity index is 1770. The number of carbonyl (C=O) groups excluding carboxylic acids is 3. The first-order chi connectivity index (χ1) is 19.6. The molecule has 3 aromatic heterocycles. The van der Waals surface area contributed by atoms with Gasteiger partial charge in [-0.25, -0.2) is 19.7 Å². The van der Waals surface area contributed by atoms with Crippen LogP contribution < -0.4 is 0 Å². The summed E-state index contributed by atoms with van der Waals surface area (Å²) in [5.41, 5.74) is 1.40. The smallest absolute Gasteiger partial charge is 0.358 e. The van der Waals surface area contributed by atoms with Crippen molar-refractivity contribution in [2.75, 3.05) is 0 Å². The first-order valence-electron chi connectivity index (χ1n) is 13.3. The maximum Gasteiger partial charge on any atom is 0.358 e. The van der Waals surface area contributed by atoms with Gasteiger partial charge in [-0.15, -0.1) is 0 Å². The highest BCUT2D eigenvalue weighted by atomic mass is 16.6. The van der Waals surface area contributed by atoms with Gasteiger partial charge in [0.25, 0.3) is 0 Å². The predicted molar refractivity (Wildman–Crippen MR) is 156 cm³/mol. The molecule has 0 N–H and O–H groups in total. The SMILES string of the molecule is CC(C)n1cc(C(=O)c2cnc(C(=O)OC(C)(C)C)c(-c3ccccc3)c2C(=O)c2ccccc2)c2cncnc21. The molecular formula is C33H30N4O4. The Morgan fingerprint density at radius 1 is 0.829 bits per heavy atom. The second-order valence-electron chi connectivity index (χ2n) is 11.0. The molecule has 0 atom stereocenters. The molecule has 8 nitrogen and oxygen atoms in total. The van der Waals surface area contributed by atoms with E-state index in [0.717, 1.165) is 0 Å². The molecule has 0 saturated heterocycles. The van der Waals surface area contributed by atoms with E-state index < -0.39 is 23.1 Å². The quantitative estimate of drug-likeness (QED) is 0.170. The second kappa shape index (κ2) is 10.9.